The minimum atomic E-state index is -0.711. The van der Waals surface area contributed by atoms with Crippen LogP contribution in [-0.4, -0.2) is 41.5 Å². The van der Waals surface area contributed by atoms with Crippen molar-refractivity contribution in [2.75, 3.05) is 6.54 Å². The van der Waals surface area contributed by atoms with E-state index in [9.17, 15) is 9.90 Å². The number of carbonyl (C=O) groups is 1. The smallest absolute Gasteiger partial charge is 0.407 e. The van der Waals surface area contributed by atoms with E-state index >= 15 is 0 Å². The van der Waals surface area contributed by atoms with E-state index in [2.05, 4.69) is 31.4 Å². The Balaban J connectivity index is 2.71. The molecule has 5 heteroatoms. The number of hydrogen-bond acceptors (Lipinski definition) is 4. The zero-order valence-electron chi connectivity index (χ0n) is 17.1. The van der Waals surface area contributed by atoms with E-state index < -0.39 is 23.8 Å². The van der Waals surface area contributed by atoms with Gasteiger partial charge in [0, 0.05) is 12.6 Å². The molecular formula is C21H36N2O3. The van der Waals surface area contributed by atoms with E-state index in [1.165, 1.54) is 0 Å². The van der Waals surface area contributed by atoms with Crippen LogP contribution in [0.4, 0.5) is 4.79 Å². The number of ether oxygens (including phenoxy) is 1. The van der Waals surface area contributed by atoms with Crippen molar-refractivity contribution < 1.29 is 14.6 Å². The molecule has 0 fully saturated rings. The first-order chi connectivity index (χ1) is 12.1. The van der Waals surface area contributed by atoms with Crippen molar-refractivity contribution in [3.8, 4) is 0 Å². The fourth-order valence-electron chi connectivity index (χ4n) is 2.86. The van der Waals surface area contributed by atoms with Gasteiger partial charge < -0.3 is 20.5 Å². The number of amides is 1. The minimum absolute atomic E-state index is 0.309. The Kier molecular flexibility index (Phi) is 9.09. The molecule has 0 bridgehead atoms. The summed E-state index contributed by atoms with van der Waals surface area (Å²) in [5.74, 6) is 0.592. The summed E-state index contributed by atoms with van der Waals surface area (Å²) in [6, 6.07) is 9.72. The van der Waals surface area contributed by atoms with Gasteiger partial charge in [0.2, 0.25) is 0 Å². The zero-order valence-corrected chi connectivity index (χ0v) is 17.1. The first kappa shape index (κ1) is 22.5. The fraction of sp³-hybridized carbons (Fsp3) is 0.667. The zero-order chi connectivity index (χ0) is 19.7. The lowest BCUT2D eigenvalue weighted by molar-refractivity contribution is 0.0420. The third kappa shape index (κ3) is 9.78. The monoisotopic (exact) mass is 364 g/mol. The molecule has 148 valence electrons. The van der Waals surface area contributed by atoms with Gasteiger partial charge in [0.25, 0.3) is 0 Å². The molecule has 0 aromatic heterocycles. The Morgan fingerprint density at radius 3 is 2.31 bits per heavy atom. The number of nitrogens with one attached hydrogen (secondary N) is 2. The van der Waals surface area contributed by atoms with Gasteiger partial charge in [-0.15, -0.1) is 0 Å². The molecule has 5 nitrogen and oxygen atoms in total. The van der Waals surface area contributed by atoms with Gasteiger partial charge in [-0.3, -0.25) is 0 Å². The predicted molar refractivity (Wildman–Crippen MR) is 106 cm³/mol. The van der Waals surface area contributed by atoms with Gasteiger partial charge in [-0.2, -0.15) is 0 Å². The highest BCUT2D eigenvalue weighted by atomic mass is 16.6. The van der Waals surface area contributed by atoms with Crippen molar-refractivity contribution in [3.05, 3.63) is 35.9 Å². The number of aliphatic hydroxyl groups excluding tert-OH is 1. The molecule has 3 N–H and O–H groups in total. The van der Waals surface area contributed by atoms with Crippen LogP contribution in [0.15, 0.2) is 30.3 Å². The Morgan fingerprint density at radius 1 is 1.15 bits per heavy atom. The summed E-state index contributed by atoms with van der Waals surface area (Å²) in [5.41, 5.74) is 0.485. The first-order valence-corrected chi connectivity index (χ1v) is 9.51. The highest BCUT2D eigenvalue weighted by Crippen LogP contribution is 2.11. The molecule has 0 saturated heterocycles. The van der Waals surface area contributed by atoms with Gasteiger partial charge in [-0.05, 0) is 52.0 Å². The molecule has 0 saturated carbocycles. The van der Waals surface area contributed by atoms with Crippen LogP contribution in [0.5, 0.6) is 0 Å². The van der Waals surface area contributed by atoms with E-state index in [4.69, 9.17) is 4.74 Å². The molecule has 0 heterocycles. The molecule has 26 heavy (non-hydrogen) atoms. The van der Waals surface area contributed by atoms with Crippen LogP contribution in [0, 0.1) is 5.92 Å². The van der Waals surface area contributed by atoms with Crippen LogP contribution in [0.25, 0.3) is 0 Å². The summed E-state index contributed by atoms with van der Waals surface area (Å²) >= 11 is 0. The SMILES string of the molecule is CC(C)CC(C)NC[C@@H](O)[C@H](Cc1ccccc1)NC(=O)OC(C)(C)C. The van der Waals surface area contributed by atoms with Gasteiger partial charge in [-0.1, -0.05) is 44.2 Å². The van der Waals surface area contributed by atoms with Crippen molar-refractivity contribution in [2.24, 2.45) is 5.92 Å². The Bertz CT molecular complexity index is 526. The van der Waals surface area contributed by atoms with Gasteiger partial charge in [0.05, 0.1) is 12.1 Å². The third-order valence-corrected chi connectivity index (χ3v) is 3.97. The number of benzene rings is 1. The molecule has 0 aliphatic heterocycles. The van der Waals surface area contributed by atoms with E-state index in [1.807, 2.05) is 51.1 Å². The van der Waals surface area contributed by atoms with Crippen molar-refractivity contribution in [1.29, 1.82) is 0 Å². The maximum absolute atomic E-state index is 12.2. The first-order valence-electron chi connectivity index (χ1n) is 9.51. The van der Waals surface area contributed by atoms with Gasteiger partial charge in [-0.25, -0.2) is 4.79 Å². The van der Waals surface area contributed by atoms with Gasteiger partial charge in [0.1, 0.15) is 5.60 Å². The number of hydrogen-bond donors (Lipinski definition) is 3. The Hall–Kier alpha value is -1.59. The van der Waals surface area contributed by atoms with E-state index in [0.29, 0.717) is 24.9 Å². The molecule has 1 amide bonds. The van der Waals surface area contributed by atoms with Crippen LogP contribution >= 0.6 is 0 Å². The van der Waals surface area contributed by atoms with Crippen LogP contribution in [0.2, 0.25) is 0 Å². The summed E-state index contributed by atoms with van der Waals surface area (Å²) in [6.45, 7) is 12.4. The lowest BCUT2D eigenvalue weighted by Gasteiger charge is -2.28. The molecular weight excluding hydrogens is 328 g/mol. The second-order valence-corrected chi connectivity index (χ2v) is 8.45. The maximum Gasteiger partial charge on any atom is 0.407 e. The number of carbonyl (C=O) groups excluding carboxylic acids is 1. The molecule has 0 aliphatic rings. The van der Waals surface area contributed by atoms with Crippen molar-refractivity contribution in [1.82, 2.24) is 10.6 Å². The minimum Gasteiger partial charge on any atom is -0.444 e. The van der Waals surface area contributed by atoms with Crippen molar-refractivity contribution >= 4 is 6.09 Å². The molecule has 3 atom stereocenters. The average Bonchev–Trinajstić information content (AvgIpc) is 2.50. The second-order valence-electron chi connectivity index (χ2n) is 8.45. The standard InChI is InChI=1S/C21H36N2O3/c1-15(2)12-16(3)22-14-19(24)18(13-17-10-8-7-9-11-17)23-20(25)26-21(4,5)6/h7-11,15-16,18-19,22,24H,12-14H2,1-6H3,(H,23,25)/t16?,18-,19+/m0/s1. The average molecular weight is 365 g/mol. The van der Waals surface area contributed by atoms with E-state index in [-0.39, 0.29) is 0 Å². The lowest BCUT2D eigenvalue weighted by atomic mass is 10.0. The third-order valence-electron chi connectivity index (χ3n) is 3.97. The predicted octanol–water partition coefficient (Wildman–Crippen LogP) is 3.51. The quantitative estimate of drug-likeness (QED) is 0.627. The van der Waals surface area contributed by atoms with Crippen LogP contribution in [-0.2, 0) is 11.2 Å². The highest BCUT2D eigenvalue weighted by molar-refractivity contribution is 5.68. The summed E-state index contributed by atoms with van der Waals surface area (Å²) in [7, 11) is 0. The summed E-state index contributed by atoms with van der Waals surface area (Å²) < 4.78 is 5.35. The van der Waals surface area contributed by atoms with Crippen molar-refractivity contribution in [3.63, 3.8) is 0 Å². The number of rotatable bonds is 9. The van der Waals surface area contributed by atoms with Gasteiger partial charge in [0.15, 0.2) is 0 Å². The highest BCUT2D eigenvalue weighted by Gasteiger charge is 2.25. The molecule has 1 rings (SSSR count). The summed E-state index contributed by atoms with van der Waals surface area (Å²) in [6.07, 6.45) is 0.363. The summed E-state index contributed by atoms with van der Waals surface area (Å²) in [5, 5.41) is 16.9. The molecule has 1 unspecified atom stereocenters. The van der Waals surface area contributed by atoms with E-state index in [0.717, 1.165) is 12.0 Å². The van der Waals surface area contributed by atoms with Gasteiger partial charge >= 0.3 is 6.09 Å². The van der Waals surface area contributed by atoms with Crippen LogP contribution in [0.1, 0.15) is 53.5 Å². The molecule has 1 aromatic carbocycles. The second kappa shape index (κ2) is 10.5. The van der Waals surface area contributed by atoms with E-state index in [1.54, 1.807) is 0 Å². The summed E-state index contributed by atoms with van der Waals surface area (Å²) in [4.78, 5) is 12.2. The normalized spacial score (nSPS) is 15.4. The Labute approximate surface area is 158 Å². The van der Waals surface area contributed by atoms with Crippen LogP contribution in [0.3, 0.4) is 0 Å². The largest absolute Gasteiger partial charge is 0.444 e. The fourth-order valence-corrected chi connectivity index (χ4v) is 2.86. The number of alkyl carbamates (subject to hydrolysis) is 1. The van der Waals surface area contributed by atoms with Crippen LogP contribution < -0.4 is 10.6 Å². The maximum atomic E-state index is 12.2. The van der Waals surface area contributed by atoms with Crippen molar-refractivity contribution in [2.45, 2.75) is 78.2 Å². The molecule has 0 spiro atoms. The Morgan fingerprint density at radius 2 is 1.77 bits per heavy atom. The molecule has 1 aromatic rings. The molecule has 0 radical (unpaired) electrons. The topological polar surface area (TPSA) is 70.6 Å². The number of aliphatic hydroxyl groups is 1. The molecule has 0 aliphatic carbocycles. The lowest BCUT2D eigenvalue weighted by Crippen LogP contribution is -2.50.